The van der Waals surface area contributed by atoms with Crippen LogP contribution in [-0.2, 0) is 11.2 Å². The molecule has 0 fully saturated rings. The van der Waals surface area contributed by atoms with Gasteiger partial charge in [-0.3, -0.25) is 4.79 Å². The third-order valence-electron chi connectivity index (χ3n) is 3.03. The van der Waals surface area contributed by atoms with Crippen LogP contribution in [0, 0.1) is 5.82 Å². The molecule has 0 atom stereocenters. The Morgan fingerprint density at radius 2 is 1.91 bits per heavy atom. The standard InChI is InChI=1S/C15H10Cl2FN3O/c16-11-2-1-3-12(17)15(11)20-14(22)6-10-8-21-7-9(18)4-5-13(21)19-10/h1-5,7-8H,6H2,(H,20,22). The predicted octanol–water partition coefficient (Wildman–Crippen LogP) is 3.96. The second kappa shape index (κ2) is 5.94. The number of halogens is 3. The smallest absolute Gasteiger partial charge is 0.230 e. The Kier molecular flexibility index (Phi) is 4.00. The molecule has 0 aliphatic rings. The zero-order valence-corrected chi connectivity index (χ0v) is 12.7. The molecule has 7 heteroatoms. The summed E-state index contributed by atoms with van der Waals surface area (Å²) in [5.41, 5.74) is 1.46. The van der Waals surface area contributed by atoms with E-state index in [0.29, 0.717) is 27.1 Å². The maximum atomic E-state index is 13.1. The minimum absolute atomic E-state index is 0.0326. The van der Waals surface area contributed by atoms with Crippen LogP contribution in [0.2, 0.25) is 10.0 Å². The largest absolute Gasteiger partial charge is 0.323 e. The van der Waals surface area contributed by atoms with Crippen LogP contribution in [0.5, 0.6) is 0 Å². The Hall–Kier alpha value is -2.11. The van der Waals surface area contributed by atoms with Gasteiger partial charge in [-0.2, -0.15) is 0 Å². The van der Waals surface area contributed by atoms with Gasteiger partial charge >= 0.3 is 0 Å². The number of amides is 1. The monoisotopic (exact) mass is 337 g/mol. The average molecular weight is 338 g/mol. The number of carbonyl (C=O) groups excluding carboxylic acids is 1. The molecule has 4 nitrogen and oxygen atoms in total. The van der Waals surface area contributed by atoms with Gasteiger partial charge in [0.05, 0.1) is 27.8 Å². The lowest BCUT2D eigenvalue weighted by molar-refractivity contribution is -0.115. The first-order valence-electron chi connectivity index (χ1n) is 6.40. The highest BCUT2D eigenvalue weighted by Gasteiger charge is 2.12. The van der Waals surface area contributed by atoms with Gasteiger partial charge in [0.15, 0.2) is 0 Å². The predicted molar refractivity (Wildman–Crippen MR) is 83.9 cm³/mol. The van der Waals surface area contributed by atoms with Crippen LogP contribution in [-0.4, -0.2) is 15.3 Å². The second-order valence-electron chi connectivity index (χ2n) is 4.67. The fourth-order valence-electron chi connectivity index (χ4n) is 2.07. The van der Waals surface area contributed by atoms with E-state index in [9.17, 15) is 9.18 Å². The Morgan fingerprint density at radius 1 is 1.18 bits per heavy atom. The lowest BCUT2D eigenvalue weighted by Gasteiger charge is -2.08. The lowest BCUT2D eigenvalue weighted by atomic mass is 10.2. The molecule has 3 aromatic rings. The lowest BCUT2D eigenvalue weighted by Crippen LogP contribution is -2.15. The van der Waals surface area contributed by atoms with Crippen LogP contribution < -0.4 is 5.32 Å². The van der Waals surface area contributed by atoms with Gasteiger partial charge in [0.25, 0.3) is 0 Å². The molecule has 1 N–H and O–H groups in total. The van der Waals surface area contributed by atoms with Crippen molar-refractivity contribution in [1.82, 2.24) is 9.38 Å². The van der Waals surface area contributed by atoms with Crippen LogP contribution in [0.1, 0.15) is 5.69 Å². The molecule has 0 aliphatic heterocycles. The molecule has 22 heavy (non-hydrogen) atoms. The molecule has 1 aromatic carbocycles. The first kappa shape index (κ1) is 14.8. The number of rotatable bonds is 3. The molecule has 0 bridgehead atoms. The molecule has 2 heterocycles. The number of aromatic nitrogens is 2. The normalized spacial score (nSPS) is 10.9. The third kappa shape index (κ3) is 3.05. The first-order chi connectivity index (χ1) is 10.5. The molecular formula is C15H10Cl2FN3O. The van der Waals surface area contributed by atoms with Crippen molar-refractivity contribution < 1.29 is 9.18 Å². The Morgan fingerprint density at radius 3 is 2.64 bits per heavy atom. The first-order valence-corrected chi connectivity index (χ1v) is 7.15. The summed E-state index contributed by atoms with van der Waals surface area (Å²) in [6.45, 7) is 0. The number of anilines is 1. The van der Waals surface area contributed by atoms with Gasteiger partial charge in [-0.25, -0.2) is 9.37 Å². The van der Waals surface area contributed by atoms with Crippen molar-refractivity contribution in [2.45, 2.75) is 6.42 Å². The van der Waals surface area contributed by atoms with E-state index in [2.05, 4.69) is 10.3 Å². The SMILES string of the molecule is O=C(Cc1cn2cc(F)ccc2n1)Nc1c(Cl)cccc1Cl. The number of carbonyl (C=O) groups is 1. The topological polar surface area (TPSA) is 46.4 Å². The van der Waals surface area contributed by atoms with Crippen molar-refractivity contribution in [2.75, 3.05) is 5.32 Å². The highest BCUT2D eigenvalue weighted by atomic mass is 35.5. The second-order valence-corrected chi connectivity index (χ2v) is 5.48. The van der Waals surface area contributed by atoms with Crippen molar-refractivity contribution in [3.8, 4) is 0 Å². The Labute approximate surface area is 135 Å². The summed E-state index contributed by atoms with van der Waals surface area (Å²) >= 11 is 12.0. The fourth-order valence-corrected chi connectivity index (χ4v) is 2.56. The molecule has 112 valence electrons. The molecular weight excluding hydrogens is 328 g/mol. The van der Waals surface area contributed by atoms with E-state index in [4.69, 9.17) is 23.2 Å². The molecule has 2 aromatic heterocycles. The van der Waals surface area contributed by atoms with Crippen LogP contribution >= 0.6 is 23.2 Å². The molecule has 0 saturated heterocycles. The van der Waals surface area contributed by atoms with Crippen LogP contribution in [0.25, 0.3) is 5.65 Å². The maximum absolute atomic E-state index is 13.1. The highest BCUT2D eigenvalue weighted by molar-refractivity contribution is 6.39. The number of benzene rings is 1. The van der Waals surface area contributed by atoms with Crippen LogP contribution in [0.4, 0.5) is 10.1 Å². The van der Waals surface area contributed by atoms with Gasteiger partial charge in [0.2, 0.25) is 5.91 Å². The number of pyridine rings is 1. The minimum Gasteiger partial charge on any atom is -0.323 e. The summed E-state index contributed by atoms with van der Waals surface area (Å²) < 4.78 is 14.7. The summed E-state index contributed by atoms with van der Waals surface area (Å²) in [5, 5.41) is 3.37. The summed E-state index contributed by atoms with van der Waals surface area (Å²) in [6, 6.07) is 7.82. The summed E-state index contributed by atoms with van der Waals surface area (Å²) in [6.07, 6.45) is 2.94. The van der Waals surface area contributed by atoms with Crippen molar-refractivity contribution in [3.05, 3.63) is 64.3 Å². The quantitative estimate of drug-likeness (QED) is 0.786. The number of hydrogen-bond donors (Lipinski definition) is 1. The van der Waals surface area contributed by atoms with Gasteiger partial charge in [0, 0.05) is 12.4 Å². The molecule has 3 rings (SSSR count). The molecule has 1 amide bonds. The summed E-state index contributed by atoms with van der Waals surface area (Å²) in [7, 11) is 0. The Balaban J connectivity index is 1.78. The maximum Gasteiger partial charge on any atom is 0.230 e. The van der Waals surface area contributed by atoms with E-state index < -0.39 is 0 Å². The molecule has 0 saturated carbocycles. The van der Waals surface area contributed by atoms with Crippen LogP contribution in [0.3, 0.4) is 0 Å². The van der Waals surface area contributed by atoms with Crippen molar-refractivity contribution >= 4 is 40.4 Å². The molecule has 0 radical (unpaired) electrons. The van der Waals surface area contributed by atoms with Gasteiger partial charge in [-0.15, -0.1) is 0 Å². The van der Waals surface area contributed by atoms with E-state index in [1.807, 2.05) is 0 Å². The number of nitrogens with one attached hydrogen (secondary N) is 1. The van der Waals surface area contributed by atoms with Crippen molar-refractivity contribution in [2.24, 2.45) is 0 Å². The highest BCUT2D eigenvalue weighted by Crippen LogP contribution is 2.29. The van der Waals surface area contributed by atoms with E-state index in [1.165, 1.54) is 16.7 Å². The third-order valence-corrected chi connectivity index (χ3v) is 3.66. The minimum atomic E-state index is -0.372. The van der Waals surface area contributed by atoms with Crippen LogP contribution in [0.15, 0.2) is 42.7 Å². The van der Waals surface area contributed by atoms with E-state index in [0.717, 1.165) is 0 Å². The zero-order chi connectivity index (χ0) is 15.7. The van der Waals surface area contributed by atoms with Crippen molar-refractivity contribution in [3.63, 3.8) is 0 Å². The fraction of sp³-hybridized carbons (Fsp3) is 0.0667. The number of para-hydroxylation sites is 1. The van der Waals surface area contributed by atoms with E-state index in [-0.39, 0.29) is 18.1 Å². The number of imidazole rings is 1. The van der Waals surface area contributed by atoms with Crippen molar-refractivity contribution in [1.29, 1.82) is 0 Å². The number of hydrogen-bond acceptors (Lipinski definition) is 2. The van der Waals surface area contributed by atoms with Gasteiger partial charge in [-0.05, 0) is 24.3 Å². The number of nitrogens with zero attached hydrogens (tertiary/aromatic N) is 2. The Bertz CT molecular complexity index is 843. The van der Waals surface area contributed by atoms with Gasteiger partial charge in [-0.1, -0.05) is 29.3 Å². The van der Waals surface area contributed by atoms with E-state index >= 15 is 0 Å². The molecule has 0 unspecified atom stereocenters. The summed E-state index contributed by atoms with van der Waals surface area (Å²) in [5.74, 6) is -0.678. The van der Waals surface area contributed by atoms with E-state index in [1.54, 1.807) is 30.5 Å². The molecule has 0 aliphatic carbocycles. The molecule has 0 spiro atoms. The zero-order valence-electron chi connectivity index (χ0n) is 11.2. The average Bonchev–Trinajstić information content (AvgIpc) is 2.84. The van der Waals surface area contributed by atoms with Gasteiger partial charge in [0.1, 0.15) is 11.5 Å². The van der Waals surface area contributed by atoms with Gasteiger partial charge < -0.3 is 9.72 Å². The summed E-state index contributed by atoms with van der Waals surface area (Å²) in [4.78, 5) is 16.3. The number of fused-ring (bicyclic) bond motifs is 1.